The normalized spacial score (nSPS) is 29.8. The molecule has 4 fully saturated rings. The highest BCUT2D eigenvalue weighted by molar-refractivity contribution is 9.10. The predicted octanol–water partition coefficient (Wildman–Crippen LogP) is 12.4. The third-order valence-electron chi connectivity index (χ3n) is 24.6. The molecular weight excluding hydrogens is 1380 g/mol. The maximum atomic E-state index is 14.0. The number of methoxy groups -OCH3 is 3. The Labute approximate surface area is 601 Å². The van der Waals surface area contributed by atoms with Crippen molar-refractivity contribution in [3.05, 3.63) is 162 Å². The van der Waals surface area contributed by atoms with Crippen molar-refractivity contribution in [1.82, 2.24) is 20.0 Å². The van der Waals surface area contributed by atoms with Gasteiger partial charge in [0, 0.05) is 67.7 Å². The van der Waals surface area contributed by atoms with Crippen LogP contribution in [-0.2, 0) is 61.5 Å². The molecule has 0 radical (unpaired) electrons. The van der Waals surface area contributed by atoms with Gasteiger partial charge in [-0.25, -0.2) is 14.8 Å². The molecule has 98 heavy (non-hydrogen) atoms. The van der Waals surface area contributed by atoms with E-state index >= 15 is 0 Å². The minimum Gasteiger partial charge on any atom is -0.423 e. The number of nitrogens with one attached hydrogen (secondary N) is 1. The minimum absolute atomic E-state index is 0. The molecule has 0 aromatic heterocycles. The van der Waals surface area contributed by atoms with E-state index in [1.165, 1.54) is 27.0 Å². The van der Waals surface area contributed by atoms with Gasteiger partial charge in [0.15, 0.2) is 39.3 Å². The van der Waals surface area contributed by atoms with E-state index in [0.29, 0.717) is 27.8 Å². The number of ether oxygens (including phenoxy) is 3. The van der Waals surface area contributed by atoms with Crippen molar-refractivity contribution >= 4 is 97.1 Å². The topological polar surface area (TPSA) is 246 Å². The van der Waals surface area contributed by atoms with Crippen LogP contribution in [0.4, 0.5) is 5.69 Å². The summed E-state index contributed by atoms with van der Waals surface area (Å²) in [6.07, 6.45) is 11.6. The summed E-state index contributed by atoms with van der Waals surface area (Å²) in [4.78, 5) is 59.4. The summed E-state index contributed by atoms with van der Waals surface area (Å²) < 4.78 is 18.9. The van der Waals surface area contributed by atoms with Crippen LogP contribution < -0.4 is 22.2 Å². The van der Waals surface area contributed by atoms with E-state index in [1.807, 2.05) is 24.3 Å². The first-order chi connectivity index (χ1) is 45.4. The van der Waals surface area contributed by atoms with Crippen LogP contribution in [-0.4, -0.2) is 127 Å². The van der Waals surface area contributed by atoms with Crippen molar-refractivity contribution in [2.45, 2.75) is 185 Å². The molecule has 1 saturated heterocycles. The number of rotatable bonds is 5. The number of hydrogen-bond donors (Lipinski definition) is 5. The summed E-state index contributed by atoms with van der Waals surface area (Å²) in [5.74, 6) is 0.609. The van der Waals surface area contributed by atoms with E-state index in [4.69, 9.17) is 69.8 Å². The first-order valence-corrected chi connectivity index (χ1v) is 34.9. The lowest BCUT2D eigenvalue weighted by atomic mass is 9.52. The number of carbonyl (C=O) groups is 3. The monoisotopic (exact) mass is 1480 g/mol. The van der Waals surface area contributed by atoms with E-state index in [2.05, 4.69) is 138 Å². The zero-order chi connectivity index (χ0) is 69.7. The summed E-state index contributed by atoms with van der Waals surface area (Å²) >= 11 is 12.7. The zero-order valence-corrected chi connectivity index (χ0v) is 60.9. The lowest BCUT2D eigenvalue weighted by molar-refractivity contribution is -0.141. The molecule has 5 aromatic rings. The van der Waals surface area contributed by atoms with Gasteiger partial charge in [0.05, 0.1) is 36.5 Å². The van der Waals surface area contributed by atoms with Crippen molar-refractivity contribution in [2.75, 3.05) is 42.5 Å². The number of hydrogen-bond acceptors (Lipinski definition) is 14. The van der Waals surface area contributed by atoms with Crippen LogP contribution in [0.25, 0.3) is 16.0 Å². The molecule has 6 spiro atoms. The Bertz CT molecular complexity index is 4120. The van der Waals surface area contributed by atoms with E-state index in [9.17, 15) is 14.4 Å². The van der Waals surface area contributed by atoms with Crippen molar-refractivity contribution in [2.24, 2.45) is 37.7 Å². The van der Waals surface area contributed by atoms with Crippen LogP contribution >= 0.6 is 44.1 Å². The van der Waals surface area contributed by atoms with Crippen LogP contribution in [0.1, 0.15) is 172 Å². The Hall–Kier alpha value is -6.86. The van der Waals surface area contributed by atoms with Gasteiger partial charge in [-0.15, -0.1) is 0 Å². The van der Waals surface area contributed by atoms with Crippen LogP contribution in [0.2, 0.25) is 0 Å². The minimum atomic E-state index is -1.50. The molecule has 3 aliphatic heterocycles. The molecule has 18 nitrogen and oxygen atoms in total. The van der Waals surface area contributed by atoms with Crippen LogP contribution in [0.15, 0.2) is 122 Å². The van der Waals surface area contributed by atoms with Gasteiger partial charge in [-0.05, 0) is 204 Å². The van der Waals surface area contributed by atoms with Crippen LogP contribution in [0.3, 0.4) is 0 Å². The van der Waals surface area contributed by atoms with Crippen LogP contribution in [0.5, 0.6) is 0 Å². The van der Waals surface area contributed by atoms with E-state index < -0.39 is 23.7 Å². The summed E-state index contributed by atoms with van der Waals surface area (Å²) in [5.41, 5.74) is 18.1. The number of fused-ring (bicyclic) bond motifs is 9. The van der Waals surface area contributed by atoms with Gasteiger partial charge in [-0.2, -0.15) is 5.26 Å². The van der Waals surface area contributed by atoms with Gasteiger partial charge in [-0.3, -0.25) is 29.1 Å². The SMILES string of the molecule is C.C.COC1CCC2(CC1)C(C)(C)c1ccc(Br)cc1C21N=C(N)N(C)C1=O.COC1CCC2(CC1)C(C)(C)c1ccc(Br)cc1C21NC(=S)N(C)C1=O.N#Cc1cccc(B(O)O)c1.[C-]#[N+]c1cccc(-c2ccc3c(c2)C2(N=C(N)N(C)C2=O)C2(CCC(OC)CC2)C3(C)C)c1. The first-order valence-electron chi connectivity index (χ1n) is 32.9. The van der Waals surface area contributed by atoms with Gasteiger partial charge in [0.2, 0.25) is 0 Å². The highest BCUT2D eigenvalue weighted by Gasteiger charge is 2.76. The number of benzene rings is 5. The number of nitrogens with zero attached hydrogens (tertiary/aromatic N) is 7. The molecule has 3 heterocycles. The van der Waals surface area contributed by atoms with Crippen molar-refractivity contribution in [3.8, 4) is 17.2 Å². The third-order valence-corrected chi connectivity index (χ3v) is 25.9. The van der Waals surface area contributed by atoms with Crippen molar-refractivity contribution in [1.29, 1.82) is 5.26 Å². The fourth-order valence-corrected chi connectivity index (χ4v) is 20.0. The number of nitrogens with two attached hydrogens (primary N) is 2. The number of guanidine groups is 2. The maximum Gasteiger partial charge on any atom is 0.488 e. The summed E-state index contributed by atoms with van der Waals surface area (Å²) in [5, 5.41) is 29.8. The third kappa shape index (κ3) is 10.8. The van der Waals surface area contributed by atoms with Gasteiger partial charge in [0.1, 0.15) is 0 Å². The second kappa shape index (κ2) is 27.2. The Kier molecular flexibility index (Phi) is 20.9. The second-order valence-corrected chi connectivity index (χ2v) is 31.2. The molecule has 5 aromatic carbocycles. The largest absolute Gasteiger partial charge is 0.488 e. The lowest BCUT2D eigenvalue weighted by Gasteiger charge is -2.53. The van der Waals surface area contributed by atoms with E-state index in [1.54, 1.807) is 71.6 Å². The quantitative estimate of drug-likeness (QED) is 0.0625. The number of carbonyl (C=O) groups excluding carboxylic acids is 3. The molecule has 3 atom stereocenters. The number of halogens is 2. The Morgan fingerprint density at radius 3 is 1.40 bits per heavy atom. The molecule has 3 unspecified atom stereocenters. The second-order valence-electron chi connectivity index (χ2n) is 29.0. The molecule has 0 bridgehead atoms. The molecule has 3 saturated carbocycles. The standard InChI is InChI=1S/C27H30N4O2.C20H26BrN3O2.C20H25BrN2O2S.C7H6BNO2.2CH4/c1-25(2)21-10-9-18(17-7-6-8-19(15-17)29-3)16-22(21)27(23(32)31(4)24(28)30-27)26(25)13-11-20(33-5)12-14-26;1-18(2)14-6-5-12(21)11-15(14)20(16(25)24(3)17(22)23-20)19(18)9-7-13(26-4)8-10-19;1-18(2)14-6-5-12(21)11-15(14)20(16(24)23(3)17(26)22-20)19(18)9-7-13(25-4)8-10-19;9-5-6-2-1-3-7(4-6)8(10)11;;/h6-10,15-16,20H,11-14H2,1-2,4-5H3,(H2,28,30);5-6,11,13H,7-10H2,1-4H3,(H2,22,23);5-6,11,13H,7-10H2,1-4H3,(H,22,26);1-4,10-11H;2*1H4. The zero-order valence-electron chi connectivity index (χ0n) is 56.9. The molecule has 6 aliphatic carbocycles. The molecular formula is C76H95BBr2N10O8S. The maximum absolute atomic E-state index is 14.0. The van der Waals surface area contributed by atoms with Gasteiger partial charge >= 0.3 is 7.12 Å². The van der Waals surface area contributed by atoms with E-state index in [-0.39, 0.29) is 89.3 Å². The Morgan fingerprint density at radius 1 is 0.582 bits per heavy atom. The van der Waals surface area contributed by atoms with Crippen LogP contribution in [0, 0.1) is 34.1 Å². The highest BCUT2D eigenvalue weighted by Crippen LogP contribution is 2.72. The number of aliphatic imine (C=N–C) groups is 2. The molecule has 520 valence electrons. The average Bonchev–Trinajstić information content (AvgIpc) is 1.51. The van der Waals surface area contributed by atoms with Gasteiger partial charge in [-0.1, -0.05) is 143 Å². The number of nitriles is 1. The van der Waals surface area contributed by atoms with Gasteiger partial charge < -0.3 is 41.0 Å². The Balaban J connectivity index is 0.000000159. The van der Waals surface area contributed by atoms with Crippen molar-refractivity contribution < 1.29 is 38.6 Å². The predicted molar refractivity (Wildman–Crippen MR) is 397 cm³/mol. The fraction of sp³-hybridized carbons (Fsp3) is 0.500. The highest BCUT2D eigenvalue weighted by atomic mass is 79.9. The molecule has 14 rings (SSSR count). The summed E-state index contributed by atoms with van der Waals surface area (Å²) in [6, 6.07) is 34.7. The fourth-order valence-electron chi connectivity index (χ4n) is 19.1. The van der Waals surface area contributed by atoms with Gasteiger partial charge in [0.25, 0.3) is 17.7 Å². The molecule has 7 N–H and O–H groups in total. The van der Waals surface area contributed by atoms with E-state index in [0.717, 1.165) is 119 Å². The smallest absolute Gasteiger partial charge is 0.423 e. The lowest BCUT2D eigenvalue weighted by Crippen LogP contribution is -2.61. The average molecular weight is 1480 g/mol. The van der Waals surface area contributed by atoms with Crippen molar-refractivity contribution in [3.63, 3.8) is 0 Å². The first kappa shape index (κ1) is 75.3. The number of amides is 3. The molecule has 9 aliphatic rings. The number of likely N-dealkylation sites (N-methyl/N-ethyl adjacent to an activating group) is 3. The molecule has 22 heteroatoms. The molecule has 3 amide bonds. The Morgan fingerprint density at radius 2 is 0.990 bits per heavy atom. The number of thiocarbonyl (C=S) groups is 1. The summed E-state index contributed by atoms with van der Waals surface area (Å²) in [6.45, 7) is 21.0. The summed E-state index contributed by atoms with van der Waals surface area (Å²) in [7, 11) is 9.06.